The largest absolute Gasteiger partial charge is 0.377 e. The number of rotatable bonds is 4. The number of ether oxygens (including phenoxy) is 1. The number of hydrogen-bond acceptors (Lipinski definition) is 4. The van der Waals surface area contributed by atoms with E-state index in [4.69, 9.17) is 4.74 Å². The lowest BCUT2D eigenvalue weighted by Crippen LogP contribution is -2.32. The van der Waals surface area contributed by atoms with Gasteiger partial charge in [-0.15, -0.1) is 0 Å². The molecule has 0 saturated carbocycles. The third-order valence-electron chi connectivity index (χ3n) is 3.55. The average molecular weight is 263 g/mol. The first kappa shape index (κ1) is 14.3. The highest BCUT2D eigenvalue weighted by Gasteiger charge is 2.20. The molecule has 0 radical (unpaired) electrons. The molecule has 1 aliphatic heterocycles. The van der Waals surface area contributed by atoms with Crippen molar-refractivity contribution in [3.8, 4) is 0 Å². The van der Waals surface area contributed by atoms with Gasteiger partial charge in [-0.3, -0.25) is 0 Å². The van der Waals surface area contributed by atoms with Crippen molar-refractivity contribution < 1.29 is 4.74 Å². The molecule has 0 amide bonds. The molecule has 1 aromatic heterocycles. The van der Waals surface area contributed by atoms with Crippen LogP contribution in [0.5, 0.6) is 0 Å². The Kier molecular flexibility index (Phi) is 5.16. The molecular weight excluding hydrogens is 238 g/mol. The molecule has 2 rings (SSSR count). The highest BCUT2D eigenvalue weighted by atomic mass is 16.5. The van der Waals surface area contributed by atoms with Gasteiger partial charge in [-0.25, -0.2) is 4.98 Å². The third kappa shape index (κ3) is 3.67. The number of anilines is 1. The number of nitrogens with zero attached hydrogens (tertiary/aromatic N) is 2. The fraction of sp³-hybridized carbons (Fsp3) is 0.667. The van der Waals surface area contributed by atoms with Crippen LogP contribution >= 0.6 is 0 Å². The first-order valence-corrected chi connectivity index (χ1v) is 7.27. The first-order chi connectivity index (χ1) is 9.22. The molecular formula is C15H25N3O. The van der Waals surface area contributed by atoms with Crippen LogP contribution in [-0.4, -0.2) is 37.3 Å². The third-order valence-corrected chi connectivity index (χ3v) is 3.55. The predicted molar refractivity (Wildman–Crippen MR) is 78.6 cm³/mol. The van der Waals surface area contributed by atoms with Gasteiger partial charge in [-0.05, 0) is 32.9 Å². The van der Waals surface area contributed by atoms with Crippen LogP contribution in [0, 0.1) is 0 Å². The van der Waals surface area contributed by atoms with Crippen molar-refractivity contribution in [1.29, 1.82) is 0 Å². The second-order valence-electron chi connectivity index (χ2n) is 5.18. The van der Waals surface area contributed by atoms with E-state index in [0.29, 0.717) is 6.04 Å². The Balaban J connectivity index is 2.22. The fourth-order valence-electron chi connectivity index (χ4n) is 2.61. The molecule has 0 spiro atoms. The molecule has 1 N–H and O–H groups in total. The van der Waals surface area contributed by atoms with Crippen molar-refractivity contribution in [3.63, 3.8) is 0 Å². The van der Waals surface area contributed by atoms with Crippen molar-refractivity contribution in [2.75, 3.05) is 31.1 Å². The lowest BCUT2D eigenvalue weighted by molar-refractivity contribution is 0.0820. The van der Waals surface area contributed by atoms with Gasteiger partial charge in [0.2, 0.25) is 0 Å². The lowest BCUT2D eigenvalue weighted by Gasteiger charge is -2.27. The summed E-state index contributed by atoms with van der Waals surface area (Å²) in [6.45, 7) is 10.2. The summed E-state index contributed by atoms with van der Waals surface area (Å²) in [4.78, 5) is 6.97. The number of hydrogen-bond donors (Lipinski definition) is 1. The fourth-order valence-corrected chi connectivity index (χ4v) is 2.61. The molecule has 4 heteroatoms. The number of pyridine rings is 1. The van der Waals surface area contributed by atoms with E-state index in [0.717, 1.165) is 38.5 Å². The maximum absolute atomic E-state index is 5.72. The smallest absolute Gasteiger partial charge is 0.133 e. The van der Waals surface area contributed by atoms with E-state index in [2.05, 4.69) is 42.0 Å². The van der Waals surface area contributed by atoms with E-state index >= 15 is 0 Å². The molecule has 4 nitrogen and oxygen atoms in total. The van der Waals surface area contributed by atoms with Crippen LogP contribution < -0.4 is 10.2 Å². The Morgan fingerprint density at radius 1 is 1.58 bits per heavy atom. The molecule has 2 heterocycles. The standard InChI is InChI=1S/C15H25N3O/c1-4-16-13(3)14-7-5-8-17-15(14)18-9-6-10-19-12(2)11-18/h5,7-8,12-13,16H,4,6,9-11H2,1-3H3. The van der Waals surface area contributed by atoms with Crippen LogP contribution in [0.4, 0.5) is 5.82 Å². The minimum Gasteiger partial charge on any atom is -0.377 e. The topological polar surface area (TPSA) is 37.4 Å². The summed E-state index contributed by atoms with van der Waals surface area (Å²) in [7, 11) is 0. The highest BCUT2D eigenvalue weighted by molar-refractivity contribution is 5.48. The van der Waals surface area contributed by atoms with E-state index < -0.39 is 0 Å². The van der Waals surface area contributed by atoms with Gasteiger partial charge >= 0.3 is 0 Å². The van der Waals surface area contributed by atoms with Crippen molar-refractivity contribution in [2.45, 2.75) is 39.3 Å². The minimum absolute atomic E-state index is 0.270. The first-order valence-electron chi connectivity index (χ1n) is 7.27. The summed E-state index contributed by atoms with van der Waals surface area (Å²) >= 11 is 0. The Morgan fingerprint density at radius 2 is 2.42 bits per heavy atom. The predicted octanol–water partition coefficient (Wildman–Crippen LogP) is 2.37. The minimum atomic E-state index is 0.270. The maximum Gasteiger partial charge on any atom is 0.133 e. The molecule has 2 unspecified atom stereocenters. The van der Waals surface area contributed by atoms with Crippen LogP contribution in [0.3, 0.4) is 0 Å². The molecule has 1 aromatic rings. The van der Waals surface area contributed by atoms with Crippen molar-refractivity contribution in [3.05, 3.63) is 23.9 Å². The zero-order valence-electron chi connectivity index (χ0n) is 12.2. The molecule has 19 heavy (non-hydrogen) atoms. The van der Waals surface area contributed by atoms with E-state index in [1.807, 2.05) is 12.3 Å². The Bertz CT molecular complexity index is 397. The summed E-state index contributed by atoms with van der Waals surface area (Å²) in [6.07, 6.45) is 3.22. The van der Waals surface area contributed by atoms with Gasteiger partial charge in [-0.1, -0.05) is 13.0 Å². The average Bonchev–Trinajstić information content (AvgIpc) is 2.64. The summed E-state index contributed by atoms with van der Waals surface area (Å²) < 4.78 is 5.72. The van der Waals surface area contributed by atoms with Crippen molar-refractivity contribution in [1.82, 2.24) is 10.3 Å². The van der Waals surface area contributed by atoms with Gasteiger partial charge in [0.15, 0.2) is 0 Å². The van der Waals surface area contributed by atoms with E-state index in [-0.39, 0.29) is 6.10 Å². The van der Waals surface area contributed by atoms with Crippen molar-refractivity contribution >= 4 is 5.82 Å². The van der Waals surface area contributed by atoms with E-state index in [1.165, 1.54) is 5.56 Å². The van der Waals surface area contributed by atoms with Crippen molar-refractivity contribution in [2.24, 2.45) is 0 Å². The zero-order valence-corrected chi connectivity index (χ0v) is 12.2. The molecule has 2 atom stereocenters. The van der Waals surface area contributed by atoms with Crippen LogP contribution in [-0.2, 0) is 4.74 Å². The van der Waals surface area contributed by atoms with Gasteiger partial charge in [0.1, 0.15) is 5.82 Å². The molecule has 0 aliphatic carbocycles. The van der Waals surface area contributed by atoms with E-state index in [9.17, 15) is 0 Å². The van der Waals surface area contributed by atoms with Gasteiger partial charge in [-0.2, -0.15) is 0 Å². The summed E-state index contributed by atoms with van der Waals surface area (Å²) in [6, 6.07) is 4.52. The number of nitrogens with one attached hydrogen (secondary N) is 1. The summed E-state index contributed by atoms with van der Waals surface area (Å²) in [5.41, 5.74) is 1.28. The SMILES string of the molecule is CCNC(C)c1cccnc1N1CCCOC(C)C1. The Morgan fingerprint density at radius 3 is 3.21 bits per heavy atom. The van der Waals surface area contributed by atoms with Gasteiger partial charge in [0.05, 0.1) is 6.10 Å². The second kappa shape index (κ2) is 6.87. The highest BCUT2D eigenvalue weighted by Crippen LogP contribution is 2.25. The monoisotopic (exact) mass is 263 g/mol. The van der Waals surface area contributed by atoms with Gasteiger partial charge in [0, 0.05) is 37.5 Å². The zero-order chi connectivity index (χ0) is 13.7. The molecule has 0 aromatic carbocycles. The van der Waals surface area contributed by atoms with Crippen LogP contribution in [0.15, 0.2) is 18.3 Å². The Labute approximate surface area is 116 Å². The van der Waals surface area contributed by atoms with Crippen LogP contribution in [0.25, 0.3) is 0 Å². The summed E-state index contributed by atoms with van der Waals surface area (Å²) in [5.74, 6) is 1.10. The molecule has 1 fully saturated rings. The van der Waals surface area contributed by atoms with Gasteiger partial charge in [0.25, 0.3) is 0 Å². The molecule has 1 saturated heterocycles. The lowest BCUT2D eigenvalue weighted by atomic mass is 10.1. The van der Waals surface area contributed by atoms with Gasteiger partial charge < -0.3 is 15.0 Å². The maximum atomic E-state index is 5.72. The normalized spacial score (nSPS) is 22.1. The van der Waals surface area contributed by atoms with E-state index in [1.54, 1.807) is 0 Å². The number of aromatic nitrogens is 1. The second-order valence-corrected chi connectivity index (χ2v) is 5.18. The Hall–Kier alpha value is -1.13. The molecule has 1 aliphatic rings. The molecule has 0 bridgehead atoms. The quantitative estimate of drug-likeness (QED) is 0.905. The van der Waals surface area contributed by atoms with Crippen LogP contribution in [0.1, 0.15) is 38.8 Å². The van der Waals surface area contributed by atoms with Crippen LogP contribution in [0.2, 0.25) is 0 Å². The molecule has 106 valence electrons. The summed E-state index contributed by atoms with van der Waals surface area (Å²) in [5, 5.41) is 3.47.